The number of fused-ring (bicyclic) bond motifs is 1. The van der Waals surface area contributed by atoms with Gasteiger partial charge in [0.15, 0.2) is 0 Å². The van der Waals surface area contributed by atoms with Gasteiger partial charge in [0.1, 0.15) is 22.9 Å². The van der Waals surface area contributed by atoms with Crippen LogP contribution in [0.2, 0.25) is 0 Å². The molecular weight excluding hydrogens is 652 g/mol. The van der Waals surface area contributed by atoms with Crippen LogP contribution in [0.15, 0.2) is 73.1 Å². The van der Waals surface area contributed by atoms with E-state index in [1.54, 1.807) is 6.20 Å². The normalized spacial score (nSPS) is 13.8. The third kappa shape index (κ3) is 9.60. The highest BCUT2D eigenvalue weighted by Crippen LogP contribution is 2.35. The highest BCUT2D eigenvalue weighted by atomic mass is 16.6. The number of amides is 2. The van der Waals surface area contributed by atoms with E-state index < -0.39 is 23.4 Å². The Hall–Kier alpha value is -5.12. The number of imidazole rings is 2. The van der Waals surface area contributed by atoms with Gasteiger partial charge in [-0.2, -0.15) is 0 Å². The van der Waals surface area contributed by atoms with E-state index in [0.29, 0.717) is 11.6 Å². The predicted molar refractivity (Wildman–Crippen MR) is 208 cm³/mol. The lowest BCUT2D eigenvalue weighted by molar-refractivity contribution is 0.0448. The van der Waals surface area contributed by atoms with Gasteiger partial charge in [-0.25, -0.2) is 19.6 Å². The molecule has 0 unspecified atom stereocenters. The molecule has 4 N–H and O–H groups in total. The summed E-state index contributed by atoms with van der Waals surface area (Å²) in [5.41, 5.74) is 4.13. The molecule has 276 valence electrons. The van der Waals surface area contributed by atoms with Crippen molar-refractivity contribution in [1.82, 2.24) is 30.6 Å². The summed E-state index contributed by atoms with van der Waals surface area (Å²) in [6, 6.07) is 20.4. The Labute approximate surface area is 307 Å². The van der Waals surface area contributed by atoms with Crippen LogP contribution in [0.3, 0.4) is 0 Å². The average Bonchev–Trinajstić information content (AvgIpc) is 3.70. The van der Waals surface area contributed by atoms with E-state index in [-0.39, 0.29) is 22.9 Å². The summed E-state index contributed by atoms with van der Waals surface area (Å²) in [6.45, 7) is 23.4. The highest BCUT2D eigenvalue weighted by molar-refractivity contribution is 5.90. The molecule has 0 saturated carbocycles. The van der Waals surface area contributed by atoms with Crippen molar-refractivity contribution in [2.24, 2.45) is 10.8 Å². The monoisotopic (exact) mass is 706 g/mol. The molecule has 2 amide bonds. The van der Waals surface area contributed by atoms with Crippen molar-refractivity contribution < 1.29 is 19.1 Å². The number of hydrogen-bond donors (Lipinski definition) is 4. The first-order valence-corrected chi connectivity index (χ1v) is 17.8. The van der Waals surface area contributed by atoms with Crippen LogP contribution in [-0.2, 0) is 9.47 Å². The van der Waals surface area contributed by atoms with E-state index in [9.17, 15) is 9.59 Å². The molecule has 0 fully saturated rings. The van der Waals surface area contributed by atoms with E-state index in [2.05, 4.69) is 133 Å². The second-order valence-corrected chi connectivity index (χ2v) is 17.6. The van der Waals surface area contributed by atoms with Crippen LogP contribution < -0.4 is 10.6 Å². The van der Waals surface area contributed by atoms with Gasteiger partial charge in [-0.15, -0.1) is 0 Å². The van der Waals surface area contributed by atoms with Gasteiger partial charge in [0.25, 0.3) is 0 Å². The minimum atomic E-state index is -0.596. The average molecular weight is 707 g/mol. The number of H-pyrrole nitrogens is 2. The van der Waals surface area contributed by atoms with Crippen LogP contribution >= 0.6 is 0 Å². The van der Waals surface area contributed by atoms with Crippen molar-refractivity contribution >= 4 is 23.0 Å². The Morgan fingerprint density at radius 2 is 0.904 bits per heavy atom. The third-order valence-electron chi connectivity index (χ3n) is 8.47. The Morgan fingerprint density at radius 1 is 0.538 bits per heavy atom. The second kappa shape index (κ2) is 14.1. The molecular formula is C42H54N6O4. The smallest absolute Gasteiger partial charge is 0.408 e. The number of aromatic amines is 2. The van der Waals surface area contributed by atoms with Crippen molar-refractivity contribution in [1.29, 1.82) is 0 Å². The molecule has 52 heavy (non-hydrogen) atoms. The second-order valence-electron chi connectivity index (χ2n) is 17.6. The van der Waals surface area contributed by atoms with Gasteiger partial charge in [-0.05, 0) is 92.0 Å². The van der Waals surface area contributed by atoms with E-state index >= 15 is 0 Å². The van der Waals surface area contributed by atoms with E-state index in [1.165, 1.54) is 0 Å². The third-order valence-corrected chi connectivity index (χ3v) is 8.47. The first kappa shape index (κ1) is 38.1. The van der Waals surface area contributed by atoms with Crippen LogP contribution in [0, 0.1) is 10.8 Å². The molecule has 5 aromatic rings. The van der Waals surface area contributed by atoms with Crippen molar-refractivity contribution in [3.63, 3.8) is 0 Å². The van der Waals surface area contributed by atoms with Crippen LogP contribution in [0.5, 0.6) is 0 Å². The van der Waals surface area contributed by atoms with Gasteiger partial charge in [-0.1, -0.05) is 90.1 Å². The maximum Gasteiger partial charge on any atom is 0.408 e. The Balaban J connectivity index is 1.32. The van der Waals surface area contributed by atoms with Crippen molar-refractivity contribution in [3.8, 4) is 33.6 Å². The van der Waals surface area contributed by atoms with Crippen LogP contribution in [0.4, 0.5) is 9.59 Å². The van der Waals surface area contributed by atoms with E-state index in [1.807, 2.05) is 47.7 Å². The number of ether oxygens (including phenoxy) is 2. The summed E-state index contributed by atoms with van der Waals surface area (Å²) < 4.78 is 11.0. The molecule has 0 saturated heterocycles. The molecule has 2 atom stereocenters. The molecule has 2 heterocycles. The van der Waals surface area contributed by atoms with E-state index in [0.717, 1.165) is 44.4 Å². The molecule has 0 bridgehead atoms. The highest BCUT2D eigenvalue weighted by Gasteiger charge is 2.33. The summed E-state index contributed by atoms with van der Waals surface area (Å²) >= 11 is 0. The van der Waals surface area contributed by atoms with Gasteiger partial charge in [0.05, 0.1) is 35.9 Å². The van der Waals surface area contributed by atoms with Crippen LogP contribution in [0.1, 0.15) is 107 Å². The largest absolute Gasteiger partial charge is 0.444 e. The first-order valence-electron chi connectivity index (χ1n) is 17.8. The number of alkyl carbamates (subject to hydrolysis) is 2. The number of carbonyl (C=O) groups excluding carboxylic acids is 2. The molecule has 0 spiro atoms. The molecule has 10 heteroatoms. The minimum absolute atomic E-state index is 0.302. The lowest BCUT2D eigenvalue weighted by Crippen LogP contribution is -2.40. The number of benzene rings is 3. The first-order chi connectivity index (χ1) is 24.1. The summed E-state index contributed by atoms with van der Waals surface area (Å²) in [5.74, 6) is 1.34. The van der Waals surface area contributed by atoms with Crippen molar-refractivity contribution in [3.05, 3.63) is 84.7 Å². The summed E-state index contributed by atoms with van der Waals surface area (Å²) in [5, 5.41) is 8.22. The standard InChI is InChI=1S/C42H54N6O4/c1-39(2,3)33(47-37(49)51-41(7,8)9)35-43-23-31(45-35)26-15-13-25(14-16-26)27-17-18-29-22-30(20-19-28(29)21-27)32-24-44-36(46-32)34(40(4,5)6)48-38(50)52-42(10,11)12/h13-24,33-34H,1-12H3,(H,43,45)(H,44,46)(H,47,49)(H,48,50)/t33-,34-/m1/s1. The van der Waals surface area contributed by atoms with Crippen LogP contribution in [0.25, 0.3) is 44.4 Å². The number of aromatic nitrogens is 4. The maximum absolute atomic E-state index is 12.6. The number of rotatable bonds is 7. The molecule has 5 rings (SSSR count). The summed E-state index contributed by atoms with van der Waals surface area (Å²) in [7, 11) is 0. The van der Waals surface area contributed by atoms with Crippen molar-refractivity contribution in [2.45, 2.75) is 106 Å². The number of hydrogen-bond acceptors (Lipinski definition) is 6. The molecule has 0 aliphatic rings. The van der Waals surface area contributed by atoms with Gasteiger partial charge >= 0.3 is 12.2 Å². The zero-order valence-corrected chi connectivity index (χ0v) is 32.6. The lowest BCUT2D eigenvalue weighted by atomic mass is 9.86. The Kier molecular flexibility index (Phi) is 10.4. The zero-order chi connectivity index (χ0) is 38.2. The fourth-order valence-corrected chi connectivity index (χ4v) is 5.94. The quantitative estimate of drug-likeness (QED) is 0.133. The molecule has 3 aromatic carbocycles. The Bertz CT molecular complexity index is 2030. The molecule has 2 aromatic heterocycles. The topological polar surface area (TPSA) is 134 Å². The van der Waals surface area contributed by atoms with Gasteiger partial charge < -0.3 is 30.1 Å². The van der Waals surface area contributed by atoms with Gasteiger partial charge in [0.2, 0.25) is 0 Å². The maximum atomic E-state index is 12.6. The number of nitrogens with zero attached hydrogens (tertiary/aromatic N) is 2. The lowest BCUT2D eigenvalue weighted by Gasteiger charge is -2.31. The van der Waals surface area contributed by atoms with Crippen molar-refractivity contribution in [2.75, 3.05) is 0 Å². The molecule has 0 radical (unpaired) electrons. The molecule has 10 nitrogen and oxygen atoms in total. The van der Waals surface area contributed by atoms with E-state index in [4.69, 9.17) is 9.47 Å². The number of nitrogens with one attached hydrogen (secondary N) is 4. The fourth-order valence-electron chi connectivity index (χ4n) is 5.94. The molecule has 0 aliphatic carbocycles. The SMILES string of the molecule is CC(C)(C)OC(=O)N[C@H](c1ncc(-c2ccc(-c3ccc4cc(-c5cnc([C@@H](NC(=O)OC(C)(C)C)C(C)(C)C)[nH]5)ccc4c3)cc2)[nH]1)C(C)(C)C. The van der Waals surface area contributed by atoms with Crippen LogP contribution in [-0.4, -0.2) is 43.3 Å². The minimum Gasteiger partial charge on any atom is -0.444 e. The summed E-state index contributed by atoms with van der Waals surface area (Å²) in [6.07, 6.45) is 2.66. The van der Waals surface area contributed by atoms with Gasteiger partial charge in [0, 0.05) is 5.56 Å². The zero-order valence-electron chi connectivity index (χ0n) is 32.6. The summed E-state index contributed by atoms with van der Waals surface area (Å²) in [4.78, 5) is 41.4. The number of carbonyl (C=O) groups is 2. The molecule has 0 aliphatic heterocycles. The fraction of sp³-hybridized carbons (Fsp3) is 0.429. The van der Waals surface area contributed by atoms with Gasteiger partial charge in [-0.3, -0.25) is 0 Å². The predicted octanol–water partition coefficient (Wildman–Crippen LogP) is 10.5. The Morgan fingerprint density at radius 3 is 1.33 bits per heavy atom.